The van der Waals surface area contributed by atoms with Crippen molar-refractivity contribution in [2.24, 2.45) is 0 Å². The largest absolute Gasteiger partial charge is 0.481 e. The maximum atomic E-state index is 12.5. The standard InChI is InChI=1S/C21H27NO2/c1-13-8-10-20(16(4)11-13)24-18(6)21(23)22-17(5)19-12-14(2)7-9-15(19)3/h7-12,17-18H,1-6H3,(H,22,23)/t17-,18+/m1/s1. The van der Waals surface area contributed by atoms with Crippen LogP contribution in [0.4, 0.5) is 0 Å². The Bertz CT molecular complexity index is 737. The number of rotatable bonds is 5. The van der Waals surface area contributed by atoms with Gasteiger partial charge in [-0.15, -0.1) is 0 Å². The zero-order chi connectivity index (χ0) is 17.9. The highest BCUT2D eigenvalue weighted by Gasteiger charge is 2.19. The van der Waals surface area contributed by atoms with E-state index in [0.29, 0.717) is 0 Å². The first-order valence-corrected chi connectivity index (χ1v) is 8.39. The minimum atomic E-state index is -0.543. The van der Waals surface area contributed by atoms with Gasteiger partial charge in [-0.1, -0.05) is 41.5 Å². The molecular formula is C21H27NO2. The molecule has 2 aromatic rings. The van der Waals surface area contributed by atoms with Crippen molar-refractivity contribution in [2.45, 2.75) is 53.7 Å². The molecule has 0 radical (unpaired) electrons. The molecule has 0 spiro atoms. The SMILES string of the molecule is Cc1ccc(O[C@@H](C)C(=O)N[C@H](C)c2cc(C)ccc2C)c(C)c1. The van der Waals surface area contributed by atoms with Crippen LogP contribution in [0.5, 0.6) is 5.75 Å². The molecule has 0 heterocycles. The normalized spacial score (nSPS) is 13.2. The van der Waals surface area contributed by atoms with E-state index in [1.165, 1.54) is 16.7 Å². The van der Waals surface area contributed by atoms with Crippen LogP contribution in [0.2, 0.25) is 0 Å². The van der Waals surface area contributed by atoms with Gasteiger partial charge in [-0.2, -0.15) is 0 Å². The van der Waals surface area contributed by atoms with Gasteiger partial charge < -0.3 is 10.1 Å². The lowest BCUT2D eigenvalue weighted by Crippen LogP contribution is -2.38. The first-order valence-electron chi connectivity index (χ1n) is 8.39. The average Bonchev–Trinajstić information content (AvgIpc) is 2.52. The first kappa shape index (κ1) is 18.1. The van der Waals surface area contributed by atoms with Crippen LogP contribution in [0.25, 0.3) is 0 Å². The van der Waals surface area contributed by atoms with Crippen LogP contribution in [-0.2, 0) is 4.79 Å². The van der Waals surface area contributed by atoms with Crippen LogP contribution in [-0.4, -0.2) is 12.0 Å². The van der Waals surface area contributed by atoms with Crippen molar-refractivity contribution in [2.75, 3.05) is 0 Å². The number of ether oxygens (including phenoxy) is 1. The Hall–Kier alpha value is -2.29. The molecule has 0 aromatic heterocycles. The Morgan fingerprint density at radius 3 is 2.21 bits per heavy atom. The van der Waals surface area contributed by atoms with Crippen LogP contribution in [0.15, 0.2) is 36.4 Å². The van der Waals surface area contributed by atoms with E-state index in [0.717, 1.165) is 16.9 Å². The third kappa shape index (κ3) is 4.38. The molecule has 0 saturated heterocycles. The number of hydrogen-bond acceptors (Lipinski definition) is 2. The Labute approximate surface area is 145 Å². The van der Waals surface area contributed by atoms with Crippen molar-refractivity contribution in [3.05, 3.63) is 64.2 Å². The van der Waals surface area contributed by atoms with E-state index in [9.17, 15) is 4.79 Å². The van der Waals surface area contributed by atoms with Gasteiger partial charge in [0.25, 0.3) is 5.91 Å². The van der Waals surface area contributed by atoms with Crippen molar-refractivity contribution >= 4 is 5.91 Å². The lowest BCUT2D eigenvalue weighted by Gasteiger charge is -2.21. The number of carbonyl (C=O) groups excluding carboxylic acids is 1. The molecule has 3 heteroatoms. The number of benzene rings is 2. The van der Waals surface area contributed by atoms with Gasteiger partial charge >= 0.3 is 0 Å². The fourth-order valence-corrected chi connectivity index (χ4v) is 2.81. The van der Waals surface area contributed by atoms with Gasteiger partial charge in [0.2, 0.25) is 0 Å². The van der Waals surface area contributed by atoms with Gasteiger partial charge in [-0.3, -0.25) is 4.79 Å². The van der Waals surface area contributed by atoms with Crippen LogP contribution in [0.3, 0.4) is 0 Å². The second-order valence-corrected chi connectivity index (χ2v) is 6.62. The molecule has 128 valence electrons. The van der Waals surface area contributed by atoms with Crippen LogP contribution in [0.1, 0.15) is 47.7 Å². The smallest absolute Gasteiger partial charge is 0.261 e. The van der Waals surface area contributed by atoms with E-state index >= 15 is 0 Å². The highest BCUT2D eigenvalue weighted by atomic mass is 16.5. The van der Waals surface area contributed by atoms with Gasteiger partial charge in [0.1, 0.15) is 5.75 Å². The topological polar surface area (TPSA) is 38.3 Å². The van der Waals surface area contributed by atoms with Gasteiger partial charge in [0, 0.05) is 0 Å². The van der Waals surface area contributed by atoms with E-state index in [4.69, 9.17) is 4.74 Å². The molecule has 0 aliphatic carbocycles. The number of hydrogen-bond donors (Lipinski definition) is 1. The third-order valence-corrected chi connectivity index (χ3v) is 4.26. The van der Waals surface area contributed by atoms with Crippen LogP contribution < -0.4 is 10.1 Å². The maximum absolute atomic E-state index is 12.5. The molecule has 24 heavy (non-hydrogen) atoms. The highest BCUT2D eigenvalue weighted by molar-refractivity contribution is 5.81. The van der Waals surface area contributed by atoms with Crippen molar-refractivity contribution in [1.29, 1.82) is 0 Å². The van der Waals surface area contributed by atoms with E-state index in [2.05, 4.69) is 43.4 Å². The van der Waals surface area contributed by atoms with Crippen LogP contribution in [0, 0.1) is 27.7 Å². The van der Waals surface area contributed by atoms with E-state index in [1.807, 2.05) is 32.9 Å². The summed E-state index contributed by atoms with van der Waals surface area (Å²) in [5.41, 5.74) is 5.73. The molecule has 2 rings (SSSR count). The number of carbonyl (C=O) groups is 1. The lowest BCUT2D eigenvalue weighted by atomic mass is 10.00. The third-order valence-electron chi connectivity index (χ3n) is 4.26. The van der Waals surface area contributed by atoms with E-state index < -0.39 is 6.10 Å². The first-order chi connectivity index (χ1) is 11.3. The number of nitrogens with one attached hydrogen (secondary N) is 1. The maximum Gasteiger partial charge on any atom is 0.261 e. The summed E-state index contributed by atoms with van der Waals surface area (Å²) in [4.78, 5) is 12.5. The molecule has 2 atom stereocenters. The lowest BCUT2D eigenvalue weighted by molar-refractivity contribution is -0.127. The zero-order valence-corrected chi connectivity index (χ0v) is 15.4. The van der Waals surface area contributed by atoms with Gasteiger partial charge in [0.15, 0.2) is 6.10 Å². The Balaban J connectivity index is 2.04. The number of aryl methyl sites for hydroxylation is 4. The molecule has 3 nitrogen and oxygen atoms in total. The fraction of sp³-hybridized carbons (Fsp3) is 0.381. The molecule has 0 saturated carbocycles. The molecule has 2 aromatic carbocycles. The summed E-state index contributed by atoms with van der Waals surface area (Å²) in [6, 6.07) is 12.2. The van der Waals surface area contributed by atoms with Crippen molar-refractivity contribution in [1.82, 2.24) is 5.32 Å². The summed E-state index contributed by atoms with van der Waals surface area (Å²) in [6.07, 6.45) is -0.543. The Kier molecular flexibility index (Phi) is 5.66. The molecule has 0 aliphatic heterocycles. The Morgan fingerprint density at radius 2 is 1.54 bits per heavy atom. The zero-order valence-electron chi connectivity index (χ0n) is 15.4. The van der Waals surface area contributed by atoms with Crippen LogP contribution >= 0.6 is 0 Å². The monoisotopic (exact) mass is 325 g/mol. The molecule has 0 aliphatic rings. The molecule has 0 fully saturated rings. The summed E-state index contributed by atoms with van der Waals surface area (Å²) in [5, 5.41) is 3.05. The van der Waals surface area contributed by atoms with Crippen molar-refractivity contribution in [3.63, 3.8) is 0 Å². The molecular weight excluding hydrogens is 298 g/mol. The summed E-state index contributed by atoms with van der Waals surface area (Å²) >= 11 is 0. The number of amides is 1. The summed E-state index contributed by atoms with van der Waals surface area (Å²) in [7, 11) is 0. The van der Waals surface area contributed by atoms with Crippen molar-refractivity contribution < 1.29 is 9.53 Å². The summed E-state index contributed by atoms with van der Waals surface area (Å²) in [6.45, 7) is 11.9. The van der Waals surface area contributed by atoms with Gasteiger partial charge in [-0.25, -0.2) is 0 Å². The minimum Gasteiger partial charge on any atom is -0.481 e. The second-order valence-electron chi connectivity index (χ2n) is 6.62. The molecule has 1 amide bonds. The predicted molar refractivity (Wildman–Crippen MR) is 98.5 cm³/mol. The molecule has 0 bridgehead atoms. The summed E-state index contributed by atoms with van der Waals surface area (Å²) < 4.78 is 5.84. The van der Waals surface area contributed by atoms with Crippen molar-refractivity contribution in [3.8, 4) is 5.75 Å². The minimum absolute atomic E-state index is 0.0532. The highest BCUT2D eigenvalue weighted by Crippen LogP contribution is 2.21. The summed E-state index contributed by atoms with van der Waals surface area (Å²) in [5.74, 6) is 0.644. The van der Waals surface area contributed by atoms with Gasteiger partial charge in [-0.05, 0) is 64.3 Å². The Morgan fingerprint density at radius 1 is 0.917 bits per heavy atom. The fourth-order valence-electron chi connectivity index (χ4n) is 2.81. The predicted octanol–water partition coefficient (Wildman–Crippen LogP) is 4.56. The second kappa shape index (κ2) is 7.52. The quantitative estimate of drug-likeness (QED) is 0.875. The van der Waals surface area contributed by atoms with Gasteiger partial charge in [0.05, 0.1) is 6.04 Å². The van der Waals surface area contributed by atoms with E-state index in [-0.39, 0.29) is 11.9 Å². The van der Waals surface area contributed by atoms with E-state index in [1.54, 1.807) is 6.92 Å². The average molecular weight is 325 g/mol. The molecule has 0 unspecified atom stereocenters. The molecule has 1 N–H and O–H groups in total.